The Hall–Kier alpha value is -1.01. The molecule has 0 aliphatic carbocycles. The maximum atomic E-state index is 8.89. The van der Waals surface area contributed by atoms with E-state index in [0.717, 1.165) is 11.1 Å². The van der Waals surface area contributed by atoms with Gasteiger partial charge in [-0.05, 0) is 43.2 Å². The van der Waals surface area contributed by atoms with Crippen LogP contribution in [-0.2, 0) is 10.3 Å². The molecular formula is C13H11Cl2NO. The van der Waals surface area contributed by atoms with E-state index in [0.29, 0.717) is 10.0 Å². The van der Waals surface area contributed by atoms with Gasteiger partial charge in [0.05, 0.1) is 16.1 Å². The number of nitriles is 1. The molecule has 0 radical (unpaired) electrons. The lowest BCUT2D eigenvalue weighted by Crippen LogP contribution is -2.25. The Labute approximate surface area is 110 Å². The molecule has 17 heavy (non-hydrogen) atoms. The van der Waals surface area contributed by atoms with Crippen molar-refractivity contribution < 1.29 is 4.74 Å². The SMILES string of the molecule is CC1=CC(C#N)OC1(C)c1ccc(Cl)c(Cl)c1. The van der Waals surface area contributed by atoms with Gasteiger partial charge in [-0.3, -0.25) is 0 Å². The first-order valence-electron chi connectivity index (χ1n) is 5.19. The lowest BCUT2D eigenvalue weighted by molar-refractivity contribution is 0.00238. The maximum absolute atomic E-state index is 8.89. The molecule has 1 aliphatic heterocycles. The molecule has 88 valence electrons. The predicted octanol–water partition coefficient (Wildman–Crippen LogP) is 4.08. The van der Waals surface area contributed by atoms with Crippen molar-refractivity contribution in [2.45, 2.75) is 25.6 Å². The molecule has 0 bridgehead atoms. The third-order valence-corrected chi connectivity index (χ3v) is 3.85. The summed E-state index contributed by atoms with van der Waals surface area (Å²) in [6.07, 6.45) is 1.32. The minimum Gasteiger partial charge on any atom is -0.344 e. The van der Waals surface area contributed by atoms with Crippen LogP contribution in [0.1, 0.15) is 19.4 Å². The van der Waals surface area contributed by atoms with Gasteiger partial charge in [-0.15, -0.1) is 0 Å². The molecule has 2 rings (SSSR count). The normalized spacial score (nSPS) is 27.7. The monoisotopic (exact) mass is 267 g/mol. The van der Waals surface area contributed by atoms with Gasteiger partial charge in [0, 0.05) is 0 Å². The first-order chi connectivity index (χ1) is 7.97. The van der Waals surface area contributed by atoms with Gasteiger partial charge in [0.2, 0.25) is 0 Å². The fourth-order valence-corrected chi connectivity index (χ4v) is 2.22. The van der Waals surface area contributed by atoms with Gasteiger partial charge in [-0.2, -0.15) is 5.26 Å². The van der Waals surface area contributed by atoms with Crippen molar-refractivity contribution in [3.05, 3.63) is 45.5 Å². The molecule has 0 aromatic heterocycles. The van der Waals surface area contributed by atoms with Crippen molar-refractivity contribution in [1.29, 1.82) is 5.26 Å². The molecule has 1 aliphatic rings. The van der Waals surface area contributed by atoms with Crippen LogP contribution in [0.3, 0.4) is 0 Å². The Balaban J connectivity index is 2.44. The Bertz CT molecular complexity index is 533. The number of benzene rings is 1. The van der Waals surface area contributed by atoms with Gasteiger partial charge in [-0.25, -0.2) is 0 Å². The van der Waals surface area contributed by atoms with Gasteiger partial charge >= 0.3 is 0 Å². The van der Waals surface area contributed by atoms with Crippen molar-refractivity contribution in [3.63, 3.8) is 0 Å². The van der Waals surface area contributed by atoms with Crippen molar-refractivity contribution >= 4 is 23.2 Å². The summed E-state index contributed by atoms with van der Waals surface area (Å²) < 4.78 is 5.74. The highest BCUT2D eigenvalue weighted by Crippen LogP contribution is 2.41. The van der Waals surface area contributed by atoms with Crippen LogP contribution in [0, 0.1) is 11.3 Å². The Morgan fingerprint density at radius 3 is 2.59 bits per heavy atom. The minimum atomic E-state index is -0.603. The molecular weight excluding hydrogens is 257 g/mol. The Kier molecular flexibility index (Phi) is 3.18. The van der Waals surface area contributed by atoms with E-state index in [4.69, 9.17) is 33.2 Å². The third kappa shape index (κ3) is 2.07. The zero-order valence-electron chi connectivity index (χ0n) is 9.50. The van der Waals surface area contributed by atoms with E-state index in [-0.39, 0.29) is 0 Å². The van der Waals surface area contributed by atoms with Gasteiger partial charge in [-0.1, -0.05) is 29.3 Å². The van der Waals surface area contributed by atoms with Crippen LogP contribution in [0.2, 0.25) is 10.0 Å². The number of nitrogens with zero attached hydrogens (tertiary/aromatic N) is 1. The summed E-state index contributed by atoms with van der Waals surface area (Å²) in [6, 6.07) is 7.47. The second-order valence-electron chi connectivity index (χ2n) is 4.18. The summed E-state index contributed by atoms with van der Waals surface area (Å²) in [7, 11) is 0. The third-order valence-electron chi connectivity index (χ3n) is 3.11. The summed E-state index contributed by atoms with van der Waals surface area (Å²) in [4.78, 5) is 0. The second-order valence-corrected chi connectivity index (χ2v) is 4.99. The van der Waals surface area contributed by atoms with Gasteiger partial charge in [0.15, 0.2) is 6.10 Å². The van der Waals surface area contributed by atoms with E-state index in [9.17, 15) is 0 Å². The predicted molar refractivity (Wildman–Crippen MR) is 68.1 cm³/mol. The maximum Gasteiger partial charge on any atom is 0.164 e. The molecule has 0 fully saturated rings. The van der Waals surface area contributed by atoms with Crippen LogP contribution in [0.15, 0.2) is 29.8 Å². The van der Waals surface area contributed by atoms with Crippen LogP contribution >= 0.6 is 23.2 Å². The zero-order chi connectivity index (χ0) is 12.6. The molecule has 1 heterocycles. The van der Waals surface area contributed by atoms with Crippen LogP contribution in [0.5, 0.6) is 0 Å². The summed E-state index contributed by atoms with van der Waals surface area (Å²) in [5.41, 5.74) is 1.30. The average Bonchev–Trinajstić information content (AvgIpc) is 2.60. The average molecular weight is 268 g/mol. The van der Waals surface area contributed by atoms with Crippen molar-refractivity contribution in [2.24, 2.45) is 0 Å². The number of hydrogen-bond donors (Lipinski definition) is 0. The molecule has 1 aromatic carbocycles. The molecule has 0 amide bonds. The van der Waals surface area contributed by atoms with E-state index in [1.807, 2.05) is 26.0 Å². The summed E-state index contributed by atoms with van der Waals surface area (Å²) >= 11 is 11.9. The van der Waals surface area contributed by atoms with E-state index < -0.39 is 11.7 Å². The minimum absolute atomic E-state index is 0.488. The fourth-order valence-electron chi connectivity index (χ4n) is 1.92. The molecule has 4 heteroatoms. The van der Waals surface area contributed by atoms with Crippen LogP contribution < -0.4 is 0 Å². The first-order valence-corrected chi connectivity index (χ1v) is 5.95. The van der Waals surface area contributed by atoms with Crippen LogP contribution in [0.25, 0.3) is 0 Å². The molecule has 2 unspecified atom stereocenters. The van der Waals surface area contributed by atoms with Crippen molar-refractivity contribution in [3.8, 4) is 6.07 Å². The fraction of sp³-hybridized carbons (Fsp3) is 0.308. The van der Waals surface area contributed by atoms with Gasteiger partial charge in [0.1, 0.15) is 5.60 Å². The molecule has 2 nitrogen and oxygen atoms in total. The number of rotatable bonds is 1. The summed E-state index contributed by atoms with van der Waals surface area (Å²) in [5.74, 6) is 0. The van der Waals surface area contributed by atoms with E-state index in [1.165, 1.54) is 0 Å². The molecule has 0 saturated carbocycles. The Morgan fingerprint density at radius 1 is 1.35 bits per heavy atom. The summed E-state index contributed by atoms with van der Waals surface area (Å²) in [6.45, 7) is 3.87. The van der Waals surface area contributed by atoms with Crippen LogP contribution in [0.4, 0.5) is 0 Å². The van der Waals surface area contributed by atoms with Gasteiger partial charge in [0.25, 0.3) is 0 Å². The van der Waals surface area contributed by atoms with Gasteiger partial charge < -0.3 is 4.74 Å². The van der Waals surface area contributed by atoms with E-state index >= 15 is 0 Å². The van der Waals surface area contributed by atoms with Crippen LogP contribution in [-0.4, -0.2) is 6.10 Å². The lowest BCUT2D eigenvalue weighted by Gasteiger charge is -2.27. The number of hydrogen-bond acceptors (Lipinski definition) is 2. The smallest absolute Gasteiger partial charge is 0.164 e. The highest BCUT2D eigenvalue weighted by molar-refractivity contribution is 6.42. The highest BCUT2D eigenvalue weighted by Gasteiger charge is 2.38. The standard InChI is InChI=1S/C13H11Cl2NO/c1-8-5-10(7-16)17-13(8,2)9-3-4-11(14)12(15)6-9/h3-6,10H,1-2H3. The van der Waals surface area contributed by atoms with E-state index in [2.05, 4.69) is 6.07 Å². The second kappa shape index (κ2) is 4.34. The summed E-state index contributed by atoms with van der Waals surface area (Å²) in [5, 5.41) is 9.89. The molecule has 1 aromatic rings. The molecule has 0 N–H and O–H groups in total. The lowest BCUT2D eigenvalue weighted by atomic mass is 9.90. The van der Waals surface area contributed by atoms with Crippen molar-refractivity contribution in [2.75, 3.05) is 0 Å². The van der Waals surface area contributed by atoms with E-state index in [1.54, 1.807) is 12.1 Å². The first kappa shape index (κ1) is 12.4. The topological polar surface area (TPSA) is 33.0 Å². The largest absolute Gasteiger partial charge is 0.344 e. The highest BCUT2D eigenvalue weighted by atomic mass is 35.5. The number of halogens is 2. The molecule has 0 saturated heterocycles. The molecule has 0 spiro atoms. The zero-order valence-corrected chi connectivity index (χ0v) is 11.0. The number of ether oxygens (including phenoxy) is 1. The quantitative estimate of drug-likeness (QED) is 0.719. The van der Waals surface area contributed by atoms with Crippen molar-refractivity contribution in [1.82, 2.24) is 0 Å². The molecule has 2 atom stereocenters. The Morgan fingerprint density at radius 2 is 2.06 bits per heavy atom.